The molecular weight excluding hydrogens is 827 g/mol. The van der Waals surface area contributed by atoms with Crippen LogP contribution in [0.15, 0.2) is 132 Å². The van der Waals surface area contributed by atoms with Gasteiger partial charge in [0.05, 0.1) is 11.3 Å². The Morgan fingerprint density at radius 1 is 0.623 bits per heavy atom. The summed E-state index contributed by atoms with van der Waals surface area (Å²) in [7, 11) is 0. The smallest absolute Gasteiger partial charge is 0.216 e. The molecule has 1 fully saturated rings. The fourth-order valence-corrected chi connectivity index (χ4v) is 7.74. The van der Waals surface area contributed by atoms with Crippen LogP contribution in [0, 0.1) is 32.9 Å². The maximum atomic E-state index is 6.48. The first-order chi connectivity index (χ1) is 25.5. The molecule has 5 heteroatoms. The number of rotatable bonds is 5. The van der Waals surface area contributed by atoms with Crippen molar-refractivity contribution in [3.05, 3.63) is 162 Å². The van der Waals surface area contributed by atoms with Crippen molar-refractivity contribution in [2.24, 2.45) is 0 Å². The van der Waals surface area contributed by atoms with E-state index in [0.29, 0.717) is 11.6 Å². The van der Waals surface area contributed by atoms with Crippen LogP contribution in [0.2, 0.25) is 0 Å². The SMILES string of the molecule is Cc1cc(-c2[c-]ccc3c2oc2nc(-c4c(C)cc(-c5ccccc5)cc4C)ccc23)ncc1C1CCCCC1.[Ir].[c-]1ccccc1-c1ccccn1. The Morgan fingerprint density at radius 3 is 2.11 bits per heavy atom. The molecule has 8 aromatic rings. The van der Waals surface area contributed by atoms with E-state index in [1.54, 1.807) is 6.20 Å². The summed E-state index contributed by atoms with van der Waals surface area (Å²) >= 11 is 0. The normalized spacial score (nSPS) is 13.0. The Labute approximate surface area is 325 Å². The fourth-order valence-electron chi connectivity index (χ4n) is 7.74. The molecule has 4 heterocycles. The van der Waals surface area contributed by atoms with Crippen molar-refractivity contribution in [2.75, 3.05) is 0 Å². The van der Waals surface area contributed by atoms with Gasteiger partial charge in [-0.2, -0.15) is 0 Å². The third-order valence-electron chi connectivity index (χ3n) is 10.3. The standard InChI is InChI=1S/C37H33N2O.C11H8N.Ir/c1-23-21-34(38-22-32(23)27-13-8-5-9-14-27)31-16-10-15-29-30-17-18-33(39-37(30)40-36(29)31)35-24(2)19-28(20-25(35)3)26-11-6-4-7-12-26;1-2-6-10(7-3-1)11-8-4-5-9-12-11;/h4,6-7,10-12,15,17-22,27H,5,8-9,13-14H2,1-3H3;1-6,8-9H;/q2*-1;. The monoisotopic (exact) mass is 868 g/mol. The molecule has 265 valence electrons. The average molecular weight is 868 g/mol. The van der Waals surface area contributed by atoms with E-state index in [4.69, 9.17) is 14.4 Å². The zero-order valence-corrected chi connectivity index (χ0v) is 32.7. The number of nitrogens with zero attached hydrogens (tertiary/aromatic N) is 3. The zero-order valence-electron chi connectivity index (χ0n) is 30.3. The molecule has 1 radical (unpaired) electrons. The van der Waals surface area contributed by atoms with Crippen LogP contribution in [-0.2, 0) is 20.1 Å². The van der Waals surface area contributed by atoms with Gasteiger partial charge in [-0.1, -0.05) is 96.4 Å². The number of hydrogen-bond acceptors (Lipinski definition) is 4. The molecule has 0 saturated heterocycles. The molecule has 0 spiro atoms. The number of benzene rings is 4. The Balaban J connectivity index is 0.000000284. The van der Waals surface area contributed by atoms with Gasteiger partial charge < -0.3 is 14.4 Å². The fraction of sp³-hybridized carbons (Fsp3) is 0.188. The maximum absolute atomic E-state index is 6.48. The van der Waals surface area contributed by atoms with Crippen molar-refractivity contribution in [1.82, 2.24) is 15.0 Å². The molecule has 0 N–H and O–H groups in total. The maximum Gasteiger partial charge on any atom is 0.216 e. The molecule has 0 amide bonds. The summed E-state index contributed by atoms with van der Waals surface area (Å²) < 4.78 is 6.48. The number of hydrogen-bond donors (Lipinski definition) is 0. The Hall–Kier alpha value is -5.22. The summed E-state index contributed by atoms with van der Waals surface area (Å²) in [5.41, 5.74) is 14.9. The molecule has 1 saturated carbocycles. The molecule has 0 aliphatic heterocycles. The van der Waals surface area contributed by atoms with Gasteiger partial charge in [0.2, 0.25) is 5.71 Å². The van der Waals surface area contributed by atoms with Gasteiger partial charge in [0.25, 0.3) is 0 Å². The van der Waals surface area contributed by atoms with Crippen LogP contribution < -0.4 is 0 Å². The number of furan rings is 1. The van der Waals surface area contributed by atoms with E-state index >= 15 is 0 Å². The van der Waals surface area contributed by atoms with Gasteiger partial charge in [-0.15, -0.1) is 54.1 Å². The van der Waals surface area contributed by atoms with E-state index in [9.17, 15) is 0 Å². The van der Waals surface area contributed by atoms with Crippen LogP contribution >= 0.6 is 0 Å². The molecule has 0 atom stereocenters. The minimum atomic E-state index is 0. The molecule has 4 nitrogen and oxygen atoms in total. The van der Waals surface area contributed by atoms with Crippen LogP contribution in [-0.4, -0.2) is 15.0 Å². The van der Waals surface area contributed by atoms with Crippen LogP contribution in [0.4, 0.5) is 0 Å². The molecule has 1 aliphatic carbocycles. The van der Waals surface area contributed by atoms with Crippen molar-refractivity contribution in [3.8, 4) is 44.9 Å². The quantitative estimate of drug-likeness (QED) is 0.162. The van der Waals surface area contributed by atoms with Crippen LogP contribution in [0.25, 0.3) is 67.0 Å². The van der Waals surface area contributed by atoms with Crippen molar-refractivity contribution in [3.63, 3.8) is 0 Å². The van der Waals surface area contributed by atoms with Gasteiger partial charge in [0.15, 0.2) is 0 Å². The van der Waals surface area contributed by atoms with Gasteiger partial charge in [0, 0.05) is 43.4 Å². The van der Waals surface area contributed by atoms with Crippen molar-refractivity contribution < 1.29 is 24.5 Å². The van der Waals surface area contributed by atoms with Crippen LogP contribution in [0.3, 0.4) is 0 Å². The number of fused-ring (bicyclic) bond motifs is 3. The van der Waals surface area contributed by atoms with Crippen molar-refractivity contribution in [1.29, 1.82) is 0 Å². The van der Waals surface area contributed by atoms with E-state index in [0.717, 1.165) is 50.1 Å². The van der Waals surface area contributed by atoms with Crippen molar-refractivity contribution >= 4 is 22.1 Å². The van der Waals surface area contributed by atoms with E-state index < -0.39 is 0 Å². The van der Waals surface area contributed by atoms with Gasteiger partial charge in [0.1, 0.15) is 0 Å². The predicted octanol–water partition coefficient (Wildman–Crippen LogP) is 12.7. The largest absolute Gasteiger partial charge is 0.486 e. The van der Waals surface area contributed by atoms with E-state index in [2.05, 4.69) is 111 Å². The first kappa shape index (κ1) is 36.2. The summed E-state index contributed by atoms with van der Waals surface area (Å²) in [5, 5.41) is 2.06. The summed E-state index contributed by atoms with van der Waals surface area (Å²) in [6.07, 6.45) is 10.4. The second-order valence-electron chi connectivity index (χ2n) is 13.9. The third-order valence-corrected chi connectivity index (χ3v) is 10.3. The number of pyridine rings is 3. The minimum Gasteiger partial charge on any atom is -0.486 e. The Kier molecular flexibility index (Phi) is 11.1. The Morgan fingerprint density at radius 2 is 1.40 bits per heavy atom. The zero-order chi connectivity index (χ0) is 35.4. The summed E-state index contributed by atoms with van der Waals surface area (Å²) in [4.78, 5) is 14.2. The van der Waals surface area contributed by atoms with Gasteiger partial charge in [-0.3, -0.25) is 0 Å². The van der Waals surface area contributed by atoms with Gasteiger partial charge in [-0.05, 0) is 96.9 Å². The first-order valence-corrected chi connectivity index (χ1v) is 18.3. The molecule has 4 aromatic heterocycles. The van der Waals surface area contributed by atoms with E-state index in [-0.39, 0.29) is 20.1 Å². The molecule has 0 bridgehead atoms. The van der Waals surface area contributed by atoms with Gasteiger partial charge in [-0.25, -0.2) is 4.98 Å². The molecule has 9 rings (SSSR count). The average Bonchev–Trinajstić information content (AvgIpc) is 3.57. The molecule has 53 heavy (non-hydrogen) atoms. The summed E-state index contributed by atoms with van der Waals surface area (Å²) in [6.45, 7) is 6.55. The van der Waals surface area contributed by atoms with E-state index in [1.165, 1.54) is 65.5 Å². The van der Waals surface area contributed by atoms with Crippen LogP contribution in [0.5, 0.6) is 0 Å². The minimum absolute atomic E-state index is 0. The Bertz CT molecular complexity index is 2410. The topological polar surface area (TPSA) is 51.8 Å². The first-order valence-electron chi connectivity index (χ1n) is 18.3. The van der Waals surface area contributed by atoms with Crippen LogP contribution in [0.1, 0.15) is 60.3 Å². The summed E-state index contributed by atoms with van der Waals surface area (Å²) in [6, 6.07) is 45.8. The number of aryl methyl sites for hydroxylation is 3. The molecule has 0 unspecified atom stereocenters. The second-order valence-corrected chi connectivity index (χ2v) is 13.9. The molecular formula is C48H41IrN3O-2. The molecule has 1 aliphatic rings. The second kappa shape index (κ2) is 16.2. The van der Waals surface area contributed by atoms with E-state index in [1.807, 2.05) is 48.5 Å². The number of aromatic nitrogens is 3. The molecule has 4 aromatic carbocycles. The predicted molar refractivity (Wildman–Crippen MR) is 213 cm³/mol. The summed E-state index contributed by atoms with van der Waals surface area (Å²) in [5.74, 6) is 0.637. The third kappa shape index (κ3) is 7.64. The van der Waals surface area contributed by atoms with Gasteiger partial charge >= 0.3 is 0 Å². The van der Waals surface area contributed by atoms with Crippen molar-refractivity contribution in [2.45, 2.75) is 58.8 Å².